The first-order valence-electron chi connectivity index (χ1n) is 9.43. The maximum Gasteiger partial charge on any atom is 0.258 e. The number of nitrogens with zero attached hydrogens (tertiary/aromatic N) is 4. The van der Waals surface area contributed by atoms with Gasteiger partial charge in [-0.05, 0) is 31.4 Å². The highest BCUT2D eigenvalue weighted by atomic mass is 16.5. The highest BCUT2D eigenvalue weighted by Gasteiger charge is 2.27. The number of hydrogen-bond donors (Lipinski definition) is 1. The average Bonchev–Trinajstić information content (AvgIpc) is 3.52. The number of para-hydroxylation sites is 1. The van der Waals surface area contributed by atoms with E-state index in [1.54, 1.807) is 6.20 Å². The first-order chi connectivity index (χ1) is 13.2. The molecule has 2 heterocycles. The van der Waals surface area contributed by atoms with Crippen molar-refractivity contribution in [1.82, 2.24) is 15.3 Å². The fourth-order valence-electron chi connectivity index (χ4n) is 3.38. The summed E-state index contributed by atoms with van der Waals surface area (Å²) in [5.41, 5.74) is 2.96. The number of methoxy groups -OCH3 is 1. The Morgan fingerprint density at radius 3 is 2.52 bits per heavy atom. The molecule has 0 spiro atoms. The molecule has 0 unspecified atom stereocenters. The second kappa shape index (κ2) is 7.42. The summed E-state index contributed by atoms with van der Waals surface area (Å²) in [6.07, 6.45) is 3.66. The molecule has 1 aromatic heterocycles. The van der Waals surface area contributed by atoms with Crippen LogP contribution < -0.4 is 19.9 Å². The van der Waals surface area contributed by atoms with Gasteiger partial charge in [0.15, 0.2) is 0 Å². The molecule has 4 rings (SSSR count). The summed E-state index contributed by atoms with van der Waals surface area (Å²) in [7, 11) is 1.54. The minimum absolute atomic E-state index is 0.162. The van der Waals surface area contributed by atoms with Crippen molar-refractivity contribution in [2.75, 3.05) is 43.1 Å². The van der Waals surface area contributed by atoms with Crippen LogP contribution in [0.25, 0.3) is 0 Å². The zero-order chi connectivity index (χ0) is 18.8. The number of aryl methyl sites for hydroxylation is 1. The minimum atomic E-state index is -0.162. The van der Waals surface area contributed by atoms with E-state index in [9.17, 15) is 4.79 Å². The van der Waals surface area contributed by atoms with Crippen molar-refractivity contribution in [3.05, 3.63) is 41.6 Å². The van der Waals surface area contributed by atoms with Gasteiger partial charge in [-0.15, -0.1) is 0 Å². The summed E-state index contributed by atoms with van der Waals surface area (Å²) >= 11 is 0. The van der Waals surface area contributed by atoms with Gasteiger partial charge in [-0.3, -0.25) is 4.79 Å². The van der Waals surface area contributed by atoms with Crippen molar-refractivity contribution in [2.45, 2.75) is 25.8 Å². The molecule has 142 valence electrons. The number of hydrogen-bond acceptors (Lipinski definition) is 6. The molecule has 0 atom stereocenters. The van der Waals surface area contributed by atoms with E-state index in [2.05, 4.69) is 56.3 Å². The van der Waals surface area contributed by atoms with Crippen molar-refractivity contribution < 1.29 is 9.53 Å². The number of rotatable bonds is 5. The molecule has 0 radical (unpaired) electrons. The Morgan fingerprint density at radius 1 is 1.15 bits per heavy atom. The minimum Gasteiger partial charge on any atom is -0.480 e. The molecule has 0 bridgehead atoms. The van der Waals surface area contributed by atoms with Crippen LogP contribution in [0, 0.1) is 6.92 Å². The predicted octanol–water partition coefficient (Wildman–Crippen LogP) is 2.01. The lowest BCUT2D eigenvalue weighted by molar-refractivity contribution is 0.0947. The van der Waals surface area contributed by atoms with Crippen LogP contribution in [0.5, 0.6) is 5.88 Å². The number of piperazine rings is 1. The Labute approximate surface area is 159 Å². The standard InChI is InChI=1S/C20H25N5O2/c1-14-5-3-4-6-17(14)24-9-11-25(12-10-24)20-21-13-16(19(23-20)27-2)18(26)22-15-7-8-15/h3-6,13,15H,7-12H2,1-2H3,(H,22,26). The van der Waals surface area contributed by atoms with Gasteiger partial charge < -0.3 is 19.9 Å². The molecule has 7 heteroatoms. The van der Waals surface area contributed by atoms with Gasteiger partial charge in [-0.2, -0.15) is 4.98 Å². The Hall–Kier alpha value is -2.83. The number of aromatic nitrogens is 2. The maximum atomic E-state index is 12.3. The topological polar surface area (TPSA) is 70.6 Å². The van der Waals surface area contributed by atoms with Crippen molar-refractivity contribution in [1.29, 1.82) is 0 Å². The molecular formula is C20H25N5O2. The molecule has 1 aliphatic carbocycles. The number of benzene rings is 1. The molecule has 2 fully saturated rings. The van der Waals surface area contributed by atoms with E-state index in [1.165, 1.54) is 18.4 Å². The number of nitrogens with one attached hydrogen (secondary N) is 1. The van der Waals surface area contributed by atoms with E-state index >= 15 is 0 Å². The Morgan fingerprint density at radius 2 is 1.85 bits per heavy atom. The summed E-state index contributed by atoms with van der Waals surface area (Å²) in [5, 5.41) is 2.95. The lowest BCUT2D eigenvalue weighted by Gasteiger charge is -2.36. The van der Waals surface area contributed by atoms with Crippen molar-refractivity contribution >= 4 is 17.5 Å². The summed E-state index contributed by atoms with van der Waals surface area (Å²) in [6, 6.07) is 8.74. The van der Waals surface area contributed by atoms with Crippen LogP contribution in [0.4, 0.5) is 11.6 Å². The number of carbonyl (C=O) groups is 1. The van der Waals surface area contributed by atoms with Crippen LogP contribution >= 0.6 is 0 Å². The molecule has 2 aliphatic rings. The van der Waals surface area contributed by atoms with Crippen molar-refractivity contribution in [2.24, 2.45) is 0 Å². The normalized spacial score (nSPS) is 17.0. The van der Waals surface area contributed by atoms with Crippen LogP contribution in [-0.2, 0) is 0 Å². The zero-order valence-corrected chi connectivity index (χ0v) is 15.8. The fourth-order valence-corrected chi connectivity index (χ4v) is 3.38. The average molecular weight is 367 g/mol. The zero-order valence-electron chi connectivity index (χ0n) is 15.8. The first kappa shape index (κ1) is 17.6. The van der Waals surface area contributed by atoms with Crippen molar-refractivity contribution in [3.63, 3.8) is 0 Å². The Kier molecular flexibility index (Phi) is 4.83. The molecule has 2 aromatic rings. The van der Waals surface area contributed by atoms with Gasteiger partial charge in [0.25, 0.3) is 5.91 Å². The van der Waals surface area contributed by atoms with Crippen LogP contribution in [0.1, 0.15) is 28.8 Å². The first-order valence-corrected chi connectivity index (χ1v) is 9.43. The van der Waals surface area contributed by atoms with Crippen LogP contribution in [0.15, 0.2) is 30.5 Å². The van der Waals surface area contributed by atoms with Crippen LogP contribution in [0.2, 0.25) is 0 Å². The smallest absolute Gasteiger partial charge is 0.258 e. The second-order valence-electron chi connectivity index (χ2n) is 7.10. The van der Waals surface area contributed by atoms with Crippen molar-refractivity contribution in [3.8, 4) is 5.88 Å². The molecule has 1 aromatic carbocycles. The largest absolute Gasteiger partial charge is 0.480 e. The van der Waals surface area contributed by atoms with E-state index in [0.717, 1.165) is 39.0 Å². The van der Waals surface area contributed by atoms with Gasteiger partial charge in [0.2, 0.25) is 11.8 Å². The van der Waals surface area contributed by atoms with Gasteiger partial charge in [-0.25, -0.2) is 4.98 Å². The number of ether oxygens (including phenoxy) is 1. The number of anilines is 2. The lowest BCUT2D eigenvalue weighted by atomic mass is 10.1. The molecule has 7 nitrogen and oxygen atoms in total. The summed E-state index contributed by atoms with van der Waals surface area (Å²) in [6.45, 7) is 5.60. The molecular weight excluding hydrogens is 342 g/mol. The molecule has 1 amide bonds. The monoisotopic (exact) mass is 367 g/mol. The lowest BCUT2D eigenvalue weighted by Crippen LogP contribution is -2.47. The Balaban J connectivity index is 1.45. The van der Waals surface area contributed by atoms with E-state index in [0.29, 0.717) is 17.4 Å². The summed E-state index contributed by atoms with van der Waals surface area (Å²) < 4.78 is 5.36. The quantitative estimate of drug-likeness (QED) is 0.872. The molecule has 1 saturated heterocycles. The third kappa shape index (κ3) is 3.82. The second-order valence-corrected chi connectivity index (χ2v) is 7.10. The van der Waals surface area contributed by atoms with Gasteiger partial charge in [0, 0.05) is 44.1 Å². The maximum absolute atomic E-state index is 12.3. The van der Waals surface area contributed by atoms with Gasteiger partial charge >= 0.3 is 0 Å². The molecule has 1 N–H and O–H groups in total. The predicted molar refractivity (Wildman–Crippen MR) is 105 cm³/mol. The van der Waals surface area contributed by atoms with E-state index in [4.69, 9.17) is 4.74 Å². The molecule has 1 aliphatic heterocycles. The van der Waals surface area contributed by atoms with E-state index < -0.39 is 0 Å². The third-order valence-corrected chi connectivity index (χ3v) is 5.11. The van der Waals surface area contributed by atoms with Gasteiger partial charge in [0.1, 0.15) is 5.56 Å². The van der Waals surface area contributed by atoms with Gasteiger partial charge in [0.05, 0.1) is 7.11 Å². The van der Waals surface area contributed by atoms with Crippen LogP contribution in [0.3, 0.4) is 0 Å². The van der Waals surface area contributed by atoms with Gasteiger partial charge in [-0.1, -0.05) is 18.2 Å². The Bertz CT molecular complexity index is 829. The molecule has 27 heavy (non-hydrogen) atoms. The molecule has 1 saturated carbocycles. The van der Waals surface area contributed by atoms with E-state index in [1.807, 2.05) is 0 Å². The SMILES string of the molecule is COc1nc(N2CCN(c3ccccc3C)CC2)ncc1C(=O)NC1CC1. The number of amides is 1. The third-order valence-electron chi connectivity index (χ3n) is 5.11. The fraction of sp³-hybridized carbons (Fsp3) is 0.450. The number of carbonyl (C=O) groups excluding carboxylic acids is 1. The summed E-state index contributed by atoms with van der Waals surface area (Å²) in [4.78, 5) is 25.8. The summed E-state index contributed by atoms with van der Waals surface area (Å²) in [5.74, 6) is 0.781. The van der Waals surface area contributed by atoms with E-state index in [-0.39, 0.29) is 11.9 Å². The van der Waals surface area contributed by atoms with Crippen LogP contribution in [-0.4, -0.2) is 55.2 Å². The highest BCUT2D eigenvalue weighted by Crippen LogP contribution is 2.25. The highest BCUT2D eigenvalue weighted by molar-refractivity contribution is 5.96.